The SMILES string of the molecule is COCCN(CC(=O)O)C(=O)Cc1csc(-c2cccc(F)c2)n1. The van der Waals surface area contributed by atoms with Gasteiger partial charge in [-0.05, 0) is 12.1 Å². The second kappa shape index (κ2) is 8.51. The lowest BCUT2D eigenvalue weighted by atomic mass is 10.2. The van der Waals surface area contributed by atoms with Gasteiger partial charge in [0, 0.05) is 24.6 Å². The molecule has 0 saturated carbocycles. The number of carbonyl (C=O) groups is 2. The predicted molar refractivity (Wildman–Crippen MR) is 87.3 cm³/mol. The number of ether oxygens (including phenoxy) is 1. The number of hydrogen-bond acceptors (Lipinski definition) is 5. The summed E-state index contributed by atoms with van der Waals surface area (Å²) >= 11 is 1.31. The quantitative estimate of drug-likeness (QED) is 0.787. The topological polar surface area (TPSA) is 79.7 Å². The second-order valence-electron chi connectivity index (χ2n) is 5.03. The number of amides is 1. The lowest BCUT2D eigenvalue weighted by molar-refractivity contribution is -0.144. The van der Waals surface area contributed by atoms with Gasteiger partial charge in [0.15, 0.2) is 0 Å². The molecular weight excluding hydrogens is 335 g/mol. The fourth-order valence-electron chi connectivity index (χ4n) is 2.07. The van der Waals surface area contributed by atoms with Crippen molar-refractivity contribution >= 4 is 23.2 Å². The second-order valence-corrected chi connectivity index (χ2v) is 5.89. The Bertz CT molecular complexity index is 720. The zero-order valence-corrected chi connectivity index (χ0v) is 13.9. The van der Waals surface area contributed by atoms with Crippen LogP contribution in [0.1, 0.15) is 5.69 Å². The van der Waals surface area contributed by atoms with Crippen LogP contribution in [-0.4, -0.2) is 53.7 Å². The summed E-state index contributed by atoms with van der Waals surface area (Å²) in [4.78, 5) is 28.7. The van der Waals surface area contributed by atoms with E-state index in [0.29, 0.717) is 16.3 Å². The van der Waals surface area contributed by atoms with E-state index in [-0.39, 0.29) is 37.8 Å². The Balaban J connectivity index is 2.06. The van der Waals surface area contributed by atoms with E-state index >= 15 is 0 Å². The number of aromatic nitrogens is 1. The van der Waals surface area contributed by atoms with Gasteiger partial charge in [0.1, 0.15) is 17.4 Å². The number of halogens is 1. The van der Waals surface area contributed by atoms with Crippen molar-refractivity contribution in [1.29, 1.82) is 0 Å². The van der Waals surface area contributed by atoms with Crippen LogP contribution in [0.5, 0.6) is 0 Å². The molecule has 1 heterocycles. The molecule has 1 amide bonds. The number of thiazole rings is 1. The molecule has 0 atom stereocenters. The van der Waals surface area contributed by atoms with Gasteiger partial charge in [0.25, 0.3) is 0 Å². The number of benzene rings is 1. The fraction of sp³-hybridized carbons (Fsp3) is 0.312. The number of carboxylic acid groups (broad SMARTS) is 1. The van der Waals surface area contributed by atoms with Crippen molar-refractivity contribution in [3.05, 3.63) is 41.2 Å². The Kier molecular flexibility index (Phi) is 6.39. The molecule has 6 nitrogen and oxygen atoms in total. The lowest BCUT2D eigenvalue weighted by Gasteiger charge is -2.19. The molecule has 0 bridgehead atoms. The molecule has 8 heteroatoms. The molecule has 0 aliphatic heterocycles. The van der Waals surface area contributed by atoms with Crippen LogP contribution in [0.2, 0.25) is 0 Å². The van der Waals surface area contributed by atoms with Crippen LogP contribution in [0.3, 0.4) is 0 Å². The monoisotopic (exact) mass is 352 g/mol. The number of carbonyl (C=O) groups excluding carboxylic acids is 1. The minimum absolute atomic E-state index is 0.0111. The minimum Gasteiger partial charge on any atom is -0.480 e. The Morgan fingerprint density at radius 2 is 2.21 bits per heavy atom. The van der Waals surface area contributed by atoms with Gasteiger partial charge >= 0.3 is 5.97 Å². The summed E-state index contributed by atoms with van der Waals surface area (Å²) in [5, 5.41) is 11.2. The number of nitrogens with zero attached hydrogens (tertiary/aromatic N) is 2. The molecule has 128 valence electrons. The average molecular weight is 352 g/mol. The van der Waals surface area contributed by atoms with Crippen LogP contribution < -0.4 is 0 Å². The summed E-state index contributed by atoms with van der Waals surface area (Å²) in [6.45, 7) is 0.0657. The number of carboxylic acids is 1. The summed E-state index contributed by atoms with van der Waals surface area (Å²) in [7, 11) is 1.48. The summed E-state index contributed by atoms with van der Waals surface area (Å²) in [6.07, 6.45) is -0.0111. The van der Waals surface area contributed by atoms with Crippen LogP contribution in [0.25, 0.3) is 10.6 Å². The third kappa shape index (κ3) is 5.10. The van der Waals surface area contributed by atoms with E-state index in [2.05, 4.69) is 4.98 Å². The highest BCUT2D eigenvalue weighted by atomic mass is 32.1. The van der Waals surface area contributed by atoms with Gasteiger partial charge in [0.2, 0.25) is 5.91 Å². The summed E-state index contributed by atoms with van der Waals surface area (Å²) < 4.78 is 18.2. The third-order valence-corrected chi connectivity index (χ3v) is 4.14. The van der Waals surface area contributed by atoms with Crippen LogP contribution in [0.15, 0.2) is 29.6 Å². The van der Waals surface area contributed by atoms with Crippen LogP contribution in [0, 0.1) is 5.82 Å². The Morgan fingerprint density at radius 1 is 1.42 bits per heavy atom. The van der Waals surface area contributed by atoms with Crippen molar-refractivity contribution in [3.8, 4) is 10.6 Å². The fourth-order valence-corrected chi connectivity index (χ4v) is 2.88. The molecule has 0 unspecified atom stereocenters. The van der Waals surface area contributed by atoms with Gasteiger partial charge in [-0.1, -0.05) is 12.1 Å². The molecule has 0 aliphatic rings. The van der Waals surface area contributed by atoms with Crippen LogP contribution in [0.4, 0.5) is 4.39 Å². The normalized spacial score (nSPS) is 10.6. The maximum atomic E-state index is 13.3. The highest BCUT2D eigenvalue weighted by Gasteiger charge is 2.18. The van der Waals surface area contributed by atoms with Crippen molar-refractivity contribution in [2.24, 2.45) is 0 Å². The highest BCUT2D eigenvalue weighted by molar-refractivity contribution is 7.13. The average Bonchev–Trinajstić information content (AvgIpc) is 2.99. The highest BCUT2D eigenvalue weighted by Crippen LogP contribution is 2.24. The zero-order chi connectivity index (χ0) is 17.5. The molecule has 0 aliphatic carbocycles. The van der Waals surface area contributed by atoms with Crippen molar-refractivity contribution < 1.29 is 23.8 Å². The van der Waals surface area contributed by atoms with E-state index in [1.165, 1.54) is 35.5 Å². The molecular formula is C16H17FN2O4S. The number of methoxy groups -OCH3 is 1. The maximum Gasteiger partial charge on any atom is 0.323 e. The van der Waals surface area contributed by atoms with E-state index < -0.39 is 5.97 Å². The molecule has 0 saturated heterocycles. The maximum absolute atomic E-state index is 13.3. The first-order chi connectivity index (χ1) is 11.5. The Hall–Kier alpha value is -2.32. The standard InChI is InChI=1S/C16H17FN2O4S/c1-23-6-5-19(9-15(21)22)14(20)8-13-10-24-16(18-13)11-3-2-4-12(17)7-11/h2-4,7,10H,5-6,8-9H2,1H3,(H,21,22). The van der Waals surface area contributed by atoms with Crippen LogP contribution in [-0.2, 0) is 20.7 Å². The largest absolute Gasteiger partial charge is 0.480 e. The molecule has 2 aromatic rings. The molecule has 1 aromatic heterocycles. The first kappa shape index (κ1) is 18.0. The van der Waals surface area contributed by atoms with Crippen LogP contribution >= 0.6 is 11.3 Å². The van der Waals surface area contributed by atoms with Gasteiger partial charge in [-0.25, -0.2) is 9.37 Å². The molecule has 1 N–H and O–H groups in total. The summed E-state index contributed by atoms with van der Waals surface area (Å²) in [5.74, 6) is -1.78. The van der Waals surface area contributed by atoms with Gasteiger partial charge in [-0.15, -0.1) is 11.3 Å². The third-order valence-electron chi connectivity index (χ3n) is 3.20. The van der Waals surface area contributed by atoms with Gasteiger partial charge in [0.05, 0.1) is 18.7 Å². The Morgan fingerprint density at radius 3 is 2.88 bits per heavy atom. The Labute approximate surface area is 142 Å². The lowest BCUT2D eigenvalue weighted by Crippen LogP contribution is -2.38. The zero-order valence-electron chi connectivity index (χ0n) is 13.1. The summed E-state index contributed by atoms with van der Waals surface area (Å²) in [5.41, 5.74) is 1.16. The van der Waals surface area contributed by atoms with E-state index in [4.69, 9.17) is 9.84 Å². The minimum atomic E-state index is -1.09. The molecule has 2 rings (SSSR count). The number of rotatable bonds is 8. The molecule has 0 radical (unpaired) electrons. The van der Waals surface area contributed by atoms with Gasteiger partial charge in [-0.2, -0.15) is 0 Å². The molecule has 0 spiro atoms. The first-order valence-electron chi connectivity index (χ1n) is 7.18. The van der Waals surface area contributed by atoms with E-state index in [1.807, 2.05) is 0 Å². The van der Waals surface area contributed by atoms with Gasteiger partial charge < -0.3 is 14.7 Å². The van der Waals surface area contributed by atoms with Crippen molar-refractivity contribution in [1.82, 2.24) is 9.88 Å². The molecule has 0 fully saturated rings. The smallest absolute Gasteiger partial charge is 0.323 e. The number of aliphatic carboxylic acids is 1. The van der Waals surface area contributed by atoms with Gasteiger partial charge in [-0.3, -0.25) is 9.59 Å². The summed E-state index contributed by atoms with van der Waals surface area (Å²) in [6, 6.07) is 6.06. The van der Waals surface area contributed by atoms with E-state index in [0.717, 1.165) is 0 Å². The van der Waals surface area contributed by atoms with E-state index in [1.54, 1.807) is 17.5 Å². The van der Waals surface area contributed by atoms with Crippen molar-refractivity contribution in [2.75, 3.05) is 26.8 Å². The molecule has 1 aromatic carbocycles. The van der Waals surface area contributed by atoms with Crippen molar-refractivity contribution in [2.45, 2.75) is 6.42 Å². The van der Waals surface area contributed by atoms with Crippen molar-refractivity contribution in [3.63, 3.8) is 0 Å². The predicted octanol–water partition coefficient (Wildman–Crippen LogP) is 2.05. The number of hydrogen-bond donors (Lipinski definition) is 1. The van der Waals surface area contributed by atoms with E-state index in [9.17, 15) is 14.0 Å². The molecule has 24 heavy (non-hydrogen) atoms. The first-order valence-corrected chi connectivity index (χ1v) is 8.06.